The second kappa shape index (κ2) is 6.65. The predicted molar refractivity (Wildman–Crippen MR) is 74.0 cm³/mol. The quantitative estimate of drug-likeness (QED) is 0.893. The molecule has 0 heterocycles. The summed E-state index contributed by atoms with van der Waals surface area (Å²) in [4.78, 5) is 11.7. The first-order valence-corrected chi connectivity index (χ1v) is 6.30. The molecular formula is C14H20F2N2O2. The lowest BCUT2D eigenvalue weighted by atomic mass is 10.0. The fourth-order valence-corrected chi connectivity index (χ4v) is 1.58. The maximum absolute atomic E-state index is 12.5. The Balaban J connectivity index is 2.78. The number of hydrogen-bond acceptors (Lipinski definition) is 3. The lowest BCUT2D eigenvalue weighted by molar-refractivity contribution is 0.0636. The molecule has 0 bridgehead atoms. The molecule has 0 spiro atoms. The minimum atomic E-state index is -2.61. The van der Waals surface area contributed by atoms with Gasteiger partial charge < -0.3 is 10.5 Å². The Morgan fingerprint density at radius 1 is 1.35 bits per heavy atom. The number of alkyl halides is 2. The van der Waals surface area contributed by atoms with Crippen molar-refractivity contribution in [3.05, 3.63) is 29.8 Å². The van der Waals surface area contributed by atoms with Gasteiger partial charge in [-0.05, 0) is 38.8 Å². The fraction of sp³-hybridized carbons (Fsp3) is 0.500. The Morgan fingerprint density at radius 2 is 1.95 bits per heavy atom. The molecule has 1 amide bonds. The number of ether oxygens (including phenoxy) is 1. The van der Waals surface area contributed by atoms with Crippen LogP contribution in [0.4, 0.5) is 19.3 Å². The maximum atomic E-state index is 12.5. The first-order valence-electron chi connectivity index (χ1n) is 6.30. The van der Waals surface area contributed by atoms with E-state index in [1.807, 2.05) is 0 Å². The molecule has 1 unspecified atom stereocenters. The smallest absolute Gasteiger partial charge is 0.412 e. The molecule has 3 N–H and O–H groups in total. The number of hydrogen-bond donors (Lipinski definition) is 2. The van der Waals surface area contributed by atoms with Crippen molar-refractivity contribution in [2.45, 2.75) is 45.3 Å². The van der Waals surface area contributed by atoms with E-state index >= 15 is 0 Å². The highest BCUT2D eigenvalue weighted by molar-refractivity contribution is 5.85. The Morgan fingerprint density at radius 3 is 2.50 bits per heavy atom. The first-order chi connectivity index (χ1) is 9.19. The molecule has 1 rings (SSSR count). The molecule has 0 fully saturated rings. The van der Waals surface area contributed by atoms with Crippen molar-refractivity contribution >= 4 is 11.8 Å². The number of benzene rings is 1. The molecule has 6 heteroatoms. The molecular weight excluding hydrogens is 266 g/mol. The van der Waals surface area contributed by atoms with Crippen LogP contribution < -0.4 is 11.1 Å². The zero-order valence-corrected chi connectivity index (χ0v) is 11.8. The summed E-state index contributed by atoms with van der Waals surface area (Å²) < 4.78 is 30.1. The summed E-state index contributed by atoms with van der Waals surface area (Å²) in [6, 6.07) is 5.40. The Hall–Kier alpha value is -1.69. The standard InChI is InChI=1S/C14H20F2N2O2/c1-14(2,3)20-13(19)18-11-7-5-4-6-9(11)8-10(17)12(15)16/h4-7,10,12H,8,17H2,1-3H3,(H,18,19). The van der Waals surface area contributed by atoms with Crippen LogP contribution in [0.25, 0.3) is 0 Å². The summed E-state index contributed by atoms with van der Waals surface area (Å²) in [5, 5.41) is 2.55. The molecule has 0 aliphatic carbocycles. The summed E-state index contributed by atoms with van der Waals surface area (Å²) in [7, 11) is 0. The van der Waals surface area contributed by atoms with Gasteiger partial charge in [0, 0.05) is 5.69 Å². The number of rotatable bonds is 4. The highest BCUT2D eigenvalue weighted by atomic mass is 19.3. The van der Waals surface area contributed by atoms with Gasteiger partial charge in [-0.25, -0.2) is 13.6 Å². The molecule has 0 aromatic heterocycles. The van der Waals surface area contributed by atoms with Crippen LogP contribution in [0.1, 0.15) is 26.3 Å². The van der Waals surface area contributed by atoms with E-state index in [1.165, 1.54) is 0 Å². The van der Waals surface area contributed by atoms with Gasteiger partial charge in [0.05, 0.1) is 6.04 Å². The van der Waals surface area contributed by atoms with Crippen LogP contribution in [0.5, 0.6) is 0 Å². The van der Waals surface area contributed by atoms with E-state index in [0.29, 0.717) is 11.3 Å². The van der Waals surface area contributed by atoms with Gasteiger partial charge in [-0.3, -0.25) is 5.32 Å². The third-order valence-electron chi connectivity index (χ3n) is 2.43. The third kappa shape index (κ3) is 5.52. The molecule has 4 nitrogen and oxygen atoms in total. The lowest BCUT2D eigenvalue weighted by Gasteiger charge is -2.21. The van der Waals surface area contributed by atoms with Crippen LogP contribution >= 0.6 is 0 Å². The van der Waals surface area contributed by atoms with Crippen molar-refractivity contribution in [3.63, 3.8) is 0 Å². The number of nitrogens with two attached hydrogens (primary N) is 1. The molecule has 0 aliphatic rings. The summed E-state index contributed by atoms with van der Waals surface area (Å²) in [5.41, 5.74) is 5.71. The van der Waals surface area contributed by atoms with E-state index in [4.69, 9.17) is 10.5 Å². The van der Waals surface area contributed by atoms with E-state index < -0.39 is 24.2 Å². The number of carbonyl (C=O) groups excluding carboxylic acids is 1. The van der Waals surface area contributed by atoms with Gasteiger partial charge in [0.1, 0.15) is 5.60 Å². The topological polar surface area (TPSA) is 64.3 Å². The van der Waals surface area contributed by atoms with Gasteiger partial charge in [-0.2, -0.15) is 0 Å². The van der Waals surface area contributed by atoms with Gasteiger partial charge in [0.25, 0.3) is 6.43 Å². The number of anilines is 1. The zero-order chi connectivity index (χ0) is 15.3. The second-order valence-corrected chi connectivity index (χ2v) is 5.49. The van der Waals surface area contributed by atoms with E-state index in [9.17, 15) is 13.6 Å². The van der Waals surface area contributed by atoms with Gasteiger partial charge in [0.2, 0.25) is 0 Å². The summed E-state index contributed by atoms with van der Waals surface area (Å²) in [6.45, 7) is 5.22. The molecule has 0 radical (unpaired) electrons. The number of amides is 1. The van der Waals surface area contributed by atoms with Gasteiger partial charge in [0.15, 0.2) is 0 Å². The van der Waals surface area contributed by atoms with Crippen LogP contribution in [-0.4, -0.2) is 24.2 Å². The predicted octanol–water partition coefficient (Wildman–Crippen LogP) is 3.17. The zero-order valence-electron chi connectivity index (χ0n) is 11.8. The summed E-state index contributed by atoms with van der Waals surface area (Å²) in [5.74, 6) is 0. The SMILES string of the molecule is CC(C)(C)OC(=O)Nc1ccccc1CC(N)C(F)F. The molecule has 0 saturated carbocycles. The molecule has 0 saturated heterocycles. The average Bonchev–Trinajstić information content (AvgIpc) is 2.28. The molecule has 1 aromatic carbocycles. The highest BCUT2D eigenvalue weighted by Crippen LogP contribution is 2.19. The van der Waals surface area contributed by atoms with Crippen LogP contribution in [0.3, 0.4) is 0 Å². The summed E-state index contributed by atoms with van der Waals surface area (Å²) in [6.07, 6.45) is -3.26. The van der Waals surface area contributed by atoms with Crippen molar-refractivity contribution in [1.82, 2.24) is 0 Å². The van der Waals surface area contributed by atoms with Gasteiger partial charge in [-0.15, -0.1) is 0 Å². The van der Waals surface area contributed by atoms with Crippen molar-refractivity contribution in [2.24, 2.45) is 5.73 Å². The number of halogens is 2. The Labute approximate surface area is 117 Å². The van der Waals surface area contributed by atoms with Crippen LogP contribution in [0.2, 0.25) is 0 Å². The van der Waals surface area contributed by atoms with Crippen molar-refractivity contribution in [3.8, 4) is 0 Å². The summed E-state index contributed by atoms with van der Waals surface area (Å²) >= 11 is 0. The van der Waals surface area contributed by atoms with E-state index in [1.54, 1.807) is 45.0 Å². The van der Waals surface area contributed by atoms with Gasteiger partial charge in [-0.1, -0.05) is 18.2 Å². The monoisotopic (exact) mass is 286 g/mol. The highest BCUT2D eigenvalue weighted by Gasteiger charge is 2.20. The minimum absolute atomic E-state index is 0.0242. The van der Waals surface area contributed by atoms with Crippen molar-refractivity contribution < 1.29 is 18.3 Å². The lowest BCUT2D eigenvalue weighted by Crippen LogP contribution is -2.32. The molecule has 1 aromatic rings. The minimum Gasteiger partial charge on any atom is -0.444 e. The van der Waals surface area contributed by atoms with E-state index in [0.717, 1.165) is 0 Å². The second-order valence-electron chi connectivity index (χ2n) is 5.49. The van der Waals surface area contributed by atoms with Crippen molar-refractivity contribution in [1.29, 1.82) is 0 Å². The number of nitrogens with one attached hydrogen (secondary N) is 1. The number of carbonyl (C=O) groups is 1. The number of para-hydroxylation sites is 1. The molecule has 0 aliphatic heterocycles. The normalized spacial score (nSPS) is 13.2. The van der Waals surface area contributed by atoms with Crippen LogP contribution in [0, 0.1) is 0 Å². The van der Waals surface area contributed by atoms with Crippen molar-refractivity contribution in [2.75, 3.05) is 5.32 Å². The van der Waals surface area contributed by atoms with Gasteiger partial charge >= 0.3 is 6.09 Å². The van der Waals surface area contributed by atoms with Crippen LogP contribution in [0.15, 0.2) is 24.3 Å². The molecule has 112 valence electrons. The largest absolute Gasteiger partial charge is 0.444 e. The van der Waals surface area contributed by atoms with E-state index in [2.05, 4.69) is 5.32 Å². The Kier molecular flexibility index (Phi) is 5.44. The molecule has 1 atom stereocenters. The maximum Gasteiger partial charge on any atom is 0.412 e. The third-order valence-corrected chi connectivity index (χ3v) is 2.43. The Bertz CT molecular complexity index is 459. The van der Waals surface area contributed by atoms with E-state index in [-0.39, 0.29) is 6.42 Å². The first kappa shape index (κ1) is 16.4. The fourth-order valence-electron chi connectivity index (χ4n) is 1.58. The molecule has 20 heavy (non-hydrogen) atoms. The average molecular weight is 286 g/mol. The van der Waals surface area contributed by atoms with Crippen LogP contribution in [-0.2, 0) is 11.2 Å².